The highest BCUT2D eigenvalue weighted by Crippen LogP contribution is 2.35. The number of nitrogens with one attached hydrogen (secondary N) is 1. The molecule has 1 aromatic carbocycles. The van der Waals surface area contributed by atoms with Gasteiger partial charge < -0.3 is 5.32 Å². The average molecular weight is 272 g/mol. The fourth-order valence-corrected chi connectivity index (χ4v) is 3.52. The van der Waals surface area contributed by atoms with Gasteiger partial charge in [0.15, 0.2) is 0 Å². The Morgan fingerprint density at radius 3 is 2.80 bits per heavy atom. The predicted octanol–water partition coefficient (Wildman–Crippen LogP) is 2.26. The molecule has 3 heterocycles. The smallest absolute Gasteiger partial charge is 0.123 e. The number of hydrogen-bond acceptors (Lipinski definition) is 2. The summed E-state index contributed by atoms with van der Waals surface area (Å²) in [5.41, 5.74) is 1.13. The Kier molecular flexibility index (Phi) is 4.05. The van der Waals surface area contributed by atoms with Crippen LogP contribution < -0.4 is 5.32 Å². The van der Waals surface area contributed by atoms with Crippen molar-refractivity contribution in [2.24, 2.45) is 11.8 Å². The Morgan fingerprint density at radius 1 is 1.35 bits per heavy atom. The number of fused-ring (bicyclic) bond motifs is 3. The molecule has 2 nitrogen and oxygen atoms in total. The van der Waals surface area contributed by atoms with Crippen LogP contribution in [0, 0.1) is 30.0 Å². The summed E-state index contributed by atoms with van der Waals surface area (Å²) >= 11 is 0. The zero-order chi connectivity index (χ0) is 13.9. The molecule has 2 bridgehead atoms. The van der Waals surface area contributed by atoms with Crippen molar-refractivity contribution in [3.05, 3.63) is 35.6 Å². The van der Waals surface area contributed by atoms with Gasteiger partial charge in [0.2, 0.25) is 0 Å². The first-order valence-electron chi connectivity index (χ1n) is 7.41. The minimum atomic E-state index is -0.176. The normalized spacial score (nSPS) is 32.0. The molecule has 4 rings (SSSR count). The van der Waals surface area contributed by atoms with E-state index in [-0.39, 0.29) is 5.82 Å². The predicted molar refractivity (Wildman–Crippen MR) is 78.5 cm³/mol. The fourth-order valence-electron chi connectivity index (χ4n) is 3.52. The second-order valence-corrected chi connectivity index (χ2v) is 5.96. The van der Waals surface area contributed by atoms with E-state index in [9.17, 15) is 4.39 Å². The molecule has 0 aliphatic carbocycles. The van der Waals surface area contributed by atoms with Crippen LogP contribution >= 0.6 is 0 Å². The van der Waals surface area contributed by atoms with Crippen LogP contribution in [-0.2, 0) is 6.54 Å². The molecule has 0 spiro atoms. The summed E-state index contributed by atoms with van der Waals surface area (Å²) in [4.78, 5) is 2.53. The van der Waals surface area contributed by atoms with Gasteiger partial charge in [0, 0.05) is 31.6 Å². The molecule has 3 aliphatic rings. The Balaban J connectivity index is 1.48. The number of hydrogen-bond donors (Lipinski definition) is 1. The molecule has 0 amide bonds. The molecule has 1 unspecified atom stereocenters. The lowest BCUT2D eigenvalue weighted by atomic mass is 9.76. The summed E-state index contributed by atoms with van der Waals surface area (Å²) in [6, 6.07) is 7.31. The second kappa shape index (κ2) is 5.95. The molecule has 0 saturated carbocycles. The van der Waals surface area contributed by atoms with Crippen molar-refractivity contribution in [3.8, 4) is 12.3 Å². The van der Waals surface area contributed by atoms with Crippen LogP contribution in [0.3, 0.4) is 0 Å². The first-order chi connectivity index (χ1) is 9.76. The maximum absolute atomic E-state index is 12.8. The van der Waals surface area contributed by atoms with Crippen molar-refractivity contribution in [1.82, 2.24) is 10.2 Å². The number of halogens is 1. The number of benzene rings is 1. The molecule has 3 aliphatic heterocycles. The van der Waals surface area contributed by atoms with Crippen molar-refractivity contribution in [3.63, 3.8) is 0 Å². The van der Waals surface area contributed by atoms with Crippen LogP contribution in [-0.4, -0.2) is 30.6 Å². The number of terminal acetylenes is 1. The first-order valence-corrected chi connectivity index (χ1v) is 7.41. The van der Waals surface area contributed by atoms with Gasteiger partial charge in [-0.25, -0.2) is 4.39 Å². The van der Waals surface area contributed by atoms with Gasteiger partial charge in [-0.2, -0.15) is 0 Å². The highest BCUT2D eigenvalue weighted by molar-refractivity contribution is 5.15. The van der Waals surface area contributed by atoms with Crippen molar-refractivity contribution < 1.29 is 4.39 Å². The molecule has 0 aromatic heterocycles. The third-order valence-electron chi connectivity index (χ3n) is 4.71. The van der Waals surface area contributed by atoms with Gasteiger partial charge in [0.1, 0.15) is 5.82 Å². The van der Waals surface area contributed by atoms with E-state index < -0.39 is 0 Å². The van der Waals surface area contributed by atoms with Crippen LogP contribution in [0.15, 0.2) is 24.3 Å². The quantitative estimate of drug-likeness (QED) is 0.846. The zero-order valence-electron chi connectivity index (χ0n) is 11.7. The lowest BCUT2D eigenvalue weighted by molar-refractivity contribution is 0.0227. The van der Waals surface area contributed by atoms with Crippen molar-refractivity contribution >= 4 is 0 Å². The van der Waals surface area contributed by atoms with Gasteiger partial charge in [-0.15, -0.1) is 12.3 Å². The van der Waals surface area contributed by atoms with Gasteiger partial charge in [-0.05, 0) is 43.0 Å². The molecule has 3 fully saturated rings. The largest absolute Gasteiger partial charge is 0.311 e. The lowest BCUT2D eigenvalue weighted by Gasteiger charge is -2.48. The lowest BCUT2D eigenvalue weighted by Crippen LogP contribution is -2.55. The highest BCUT2D eigenvalue weighted by Gasteiger charge is 2.38. The van der Waals surface area contributed by atoms with Crippen molar-refractivity contribution in [1.29, 1.82) is 0 Å². The average Bonchev–Trinajstić information content (AvgIpc) is 2.50. The molecular formula is C17H21FN2. The van der Waals surface area contributed by atoms with E-state index in [2.05, 4.69) is 16.1 Å². The van der Waals surface area contributed by atoms with Crippen molar-refractivity contribution in [2.45, 2.75) is 25.4 Å². The number of piperidine rings is 3. The Labute approximate surface area is 120 Å². The van der Waals surface area contributed by atoms with Crippen LogP contribution in [0.4, 0.5) is 4.39 Å². The Bertz CT molecular complexity index is 491. The summed E-state index contributed by atoms with van der Waals surface area (Å²) in [7, 11) is 0. The van der Waals surface area contributed by atoms with Crippen LogP contribution in [0.2, 0.25) is 0 Å². The van der Waals surface area contributed by atoms with Gasteiger partial charge in [-0.3, -0.25) is 4.90 Å². The van der Waals surface area contributed by atoms with E-state index in [0.29, 0.717) is 17.9 Å². The molecule has 106 valence electrons. The Hall–Kier alpha value is -1.37. The number of rotatable bonds is 4. The highest BCUT2D eigenvalue weighted by atomic mass is 19.1. The monoisotopic (exact) mass is 272 g/mol. The molecular weight excluding hydrogens is 251 g/mol. The minimum absolute atomic E-state index is 0.176. The van der Waals surface area contributed by atoms with E-state index >= 15 is 0 Å². The van der Waals surface area contributed by atoms with Crippen LogP contribution in [0.1, 0.15) is 18.4 Å². The maximum atomic E-state index is 12.8. The molecule has 4 atom stereocenters. The van der Waals surface area contributed by atoms with Crippen molar-refractivity contribution in [2.75, 3.05) is 19.6 Å². The molecule has 3 saturated heterocycles. The summed E-state index contributed by atoms with van der Waals surface area (Å²) < 4.78 is 12.8. The first kappa shape index (κ1) is 13.6. The van der Waals surface area contributed by atoms with Crippen LogP contribution in [0.25, 0.3) is 0 Å². The Morgan fingerprint density at radius 2 is 2.15 bits per heavy atom. The zero-order valence-corrected chi connectivity index (χ0v) is 11.7. The third-order valence-corrected chi connectivity index (χ3v) is 4.71. The molecule has 1 aromatic rings. The topological polar surface area (TPSA) is 15.3 Å². The van der Waals surface area contributed by atoms with Gasteiger partial charge >= 0.3 is 0 Å². The van der Waals surface area contributed by atoms with Gasteiger partial charge in [-0.1, -0.05) is 12.1 Å². The molecule has 3 heteroatoms. The van der Waals surface area contributed by atoms with Gasteiger partial charge in [0.25, 0.3) is 0 Å². The number of nitrogens with zero attached hydrogens (tertiary/aromatic N) is 1. The fraction of sp³-hybridized carbons (Fsp3) is 0.529. The standard InChI is InChI=1S/C17H21FN2/c1-2-14-12-20-8-7-15(14)9-17(20)11-19-10-13-3-5-16(18)6-4-13/h1,3-6,14-15,17,19H,7-12H2/t14-,15+,17-/m1/s1. The maximum Gasteiger partial charge on any atom is 0.123 e. The molecule has 20 heavy (non-hydrogen) atoms. The van der Waals surface area contributed by atoms with E-state index in [0.717, 1.165) is 25.2 Å². The summed E-state index contributed by atoms with van der Waals surface area (Å²) in [6.07, 6.45) is 8.07. The summed E-state index contributed by atoms with van der Waals surface area (Å²) in [5, 5.41) is 3.49. The van der Waals surface area contributed by atoms with Gasteiger partial charge in [0.05, 0.1) is 0 Å². The van der Waals surface area contributed by atoms with E-state index in [1.165, 1.54) is 31.5 Å². The van der Waals surface area contributed by atoms with Crippen LogP contribution in [0.5, 0.6) is 0 Å². The van der Waals surface area contributed by atoms with E-state index in [4.69, 9.17) is 6.42 Å². The molecule has 1 N–H and O–H groups in total. The summed E-state index contributed by atoms with van der Waals surface area (Å²) in [6.45, 7) is 4.04. The third kappa shape index (κ3) is 2.87. The molecule has 0 radical (unpaired) electrons. The van der Waals surface area contributed by atoms with E-state index in [1.807, 2.05) is 12.1 Å². The minimum Gasteiger partial charge on any atom is -0.311 e. The van der Waals surface area contributed by atoms with E-state index in [1.54, 1.807) is 0 Å². The SMILES string of the molecule is C#C[C@@H]1CN2CC[C@H]1C[C@@H]2CNCc1ccc(F)cc1. The second-order valence-electron chi connectivity index (χ2n) is 5.96. The summed E-state index contributed by atoms with van der Waals surface area (Å²) in [5.74, 6) is 3.94.